The summed E-state index contributed by atoms with van der Waals surface area (Å²) < 4.78 is 10.1. The van der Waals surface area contributed by atoms with Gasteiger partial charge in [-0.25, -0.2) is 4.79 Å². The zero-order chi connectivity index (χ0) is 12.1. The van der Waals surface area contributed by atoms with Crippen LogP contribution >= 0.6 is 0 Å². The largest absolute Gasteiger partial charge is 0.467 e. The molecule has 1 saturated heterocycles. The summed E-state index contributed by atoms with van der Waals surface area (Å²) in [6.07, 6.45) is 6.62. The van der Waals surface area contributed by atoms with Crippen LogP contribution in [0, 0.1) is 0 Å². The first-order chi connectivity index (χ1) is 8.31. The lowest BCUT2D eigenvalue weighted by Gasteiger charge is -2.18. The summed E-state index contributed by atoms with van der Waals surface area (Å²) in [4.78, 5) is 13.8. The van der Waals surface area contributed by atoms with Crippen LogP contribution in [0.15, 0.2) is 16.7 Å². The number of carbonyl (C=O) groups is 1. The van der Waals surface area contributed by atoms with Crippen molar-refractivity contribution in [2.24, 2.45) is 0 Å². The summed E-state index contributed by atoms with van der Waals surface area (Å²) in [5.41, 5.74) is 0.553. The van der Waals surface area contributed by atoms with E-state index >= 15 is 0 Å². The van der Waals surface area contributed by atoms with E-state index < -0.39 is 0 Å². The van der Waals surface area contributed by atoms with E-state index in [0.29, 0.717) is 12.1 Å². The summed E-state index contributed by atoms with van der Waals surface area (Å²) in [6, 6.07) is 1.68. The van der Waals surface area contributed by atoms with Crippen LogP contribution in [-0.4, -0.2) is 31.1 Å². The monoisotopic (exact) mass is 237 g/mol. The van der Waals surface area contributed by atoms with E-state index in [1.54, 1.807) is 12.3 Å². The molecule has 0 unspecified atom stereocenters. The summed E-state index contributed by atoms with van der Waals surface area (Å²) in [6.45, 7) is 2.88. The van der Waals surface area contributed by atoms with Gasteiger partial charge >= 0.3 is 5.97 Å². The molecule has 0 saturated carbocycles. The van der Waals surface area contributed by atoms with Crippen LogP contribution in [0.3, 0.4) is 0 Å². The fraction of sp³-hybridized carbons (Fsp3) is 0.615. The van der Waals surface area contributed by atoms with Crippen LogP contribution in [0.5, 0.6) is 0 Å². The molecule has 4 heteroatoms. The Kier molecular flexibility index (Phi) is 4.20. The number of methoxy groups -OCH3 is 1. The van der Waals surface area contributed by atoms with Gasteiger partial charge in [0.15, 0.2) is 0 Å². The third kappa shape index (κ3) is 3.09. The SMILES string of the molecule is COC(=O)c1ccoc1CN1CCCCCC1. The highest BCUT2D eigenvalue weighted by atomic mass is 16.5. The minimum absolute atomic E-state index is 0.316. The molecule has 4 nitrogen and oxygen atoms in total. The quantitative estimate of drug-likeness (QED) is 0.757. The van der Waals surface area contributed by atoms with Crippen molar-refractivity contribution < 1.29 is 13.9 Å². The Balaban J connectivity index is 2.02. The summed E-state index contributed by atoms with van der Waals surface area (Å²) in [7, 11) is 1.39. The third-order valence-corrected chi connectivity index (χ3v) is 3.22. The molecule has 2 rings (SSSR count). The highest BCUT2D eigenvalue weighted by Gasteiger charge is 2.18. The number of likely N-dealkylation sites (tertiary alicyclic amines) is 1. The summed E-state index contributed by atoms with van der Waals surface area (Å²) in [5, 5.41) is 0. The second-order valence-corrected chi connectivity index (χ2v) is 4.44. The fourth-order valence-electron chi connectivity index (χ4n) is 2.25. The van der Waals surface area contributed by atoms with E-state index in [1.807, 2.05) is 0 Å². The van der Waals surface area contributed by atoms with Gasteiger partial charge < -0.3 is 9.15 Å². The Bertz CT molecular complexity index is 364. The Morgan fingerprint density at radius 1 is 1.35 bits per heavy atom. The van der Waals surface area contributed by atoms with E-state index in [2.05, 4.69) is 4.90 Å². The molecule has 1 fully saturated rings. The van der Waals surface area contributed by atoms with Gasteiger partial charge in [0, 0.05) is 0 Å². The van der Waals surface area contributed by atoms with Gasteiger partial charge in [-0.05, 0) is 32.0 Å². The first-order valence-corrected chi connectivity index (χ1v) is 6.18. The highest BCUT2D eigenvalue weighted by molar-refractivity contribution is 5.90. The van der Waals surface area contributed by atoms with Gasteiger partial charge in [-0.15, -0.1) is 0 Å². The van der Waals surface area contributed by atoms with Gasteiger partial charge in [-0.3, -0.25) is 4.90 Å². The minimum atomic E-state index is -0.316. The molecule has 1 aromatic heterocycles. The normalized spacial score (nSPS) is 17.7. The molecule has 0 atom stereocenters. The van der Waals surface area contributed by atoms with Gasteiger partial charge in [0.1, 0.15) is 11.3 Å². The minimum Gasteiger partial charge on any atom is -0.467 e. The number of ether oxygens (including phenoxy) is 1. The number of esters is 1. The third-order valence-electron chi connectivity index (χ3n) is 3.22. The number of carbonyl (C=O) groups excluding carboxylic acids is 1. The Hall–Kier alpha value is -1.29. The molecule has 0 aliphatic carbocycles. The van der Waals surface area contributed by atoms with Gasteiger partial charge in [0.05, 0.1) is 19.9 Å². The molecule has 1 aliphatic rings. The highest BCUT2D eigenvalue weighted by Crippen LogP contribution is 2.17. The average molecular weight is 237 g/mol. The Morgan fingerprint density at radius 2 is 2.06 bits per heavy atom. The van der Waals surface area contributed by atoms with Crippen molar-refractivity contribution in [1.29, 1.82) is 0 Å². The molecule has 0 aromatic carbocycles. The van der Waals surface area contributed by atoms with E-state index in [0.717, 1.165) is 18.8 Å². The molecule has 94 valence electrons. The number of nitrogens with zero attached hydrogens (tertiary/aromatic N) is 1. The van der Waals surface area contributed by atoms with Gasteiger partial charge in [-0.2, -0.15) is 0 Å². The molecule has 1 aromatic rings. The van der Waals surface area contributed by atoms with E-state index in [4.69, 9.17) is 9.15 Å². The maximum Gasteiger partial charge on any atom is 0.341 e. The molecular formula is C13H19NO3. The first-order valence-electron chi connectivity index (χ1n) is 6.18. The lowest BCUT2D eigenvalue weighted by Crippen LogP contribution is -2.24. The second-order valence-electron chi connectivity index (χ2n) is 4.44. The van der Waals surface area contributed by atoms with E-state index in [-0.39, 0.29) is 5.97 Å². The zero-order valence-corrected chi connectivity index (χ0v) is 10.3. The van der Waals surface area contributed by atoms with Crippen LogP contribution in [0.4, 0.5) is 0 Å². The molecule has 0 spiro atoms. The van der Waals surface area contributed by atoms with Gasteiger partial charge in [-0.1, -0.05) is 12.8 Å². The number of hydrogen-bond acceptors (Lipinski definition) is 4. The van der Waals surface area contributed by atoms with Crippen LogP contribution in [-0.2, 0) is 11.3 Å². The number of furan rings is 1. The fourth-order valence-corrected chi connectivity index (χ4v) is 2.25. The van der Waals surface area contributed by atoms with Crippen molar-refractivity contribution in [3.8, 4) is 0 Å². The van der Waals surface area contributed by atoms with Crippen LogP contribution in [0.2, 0.25) is 0 Å². The predicted octanol–water partition coefficient (Wildman–Crippen LogP) is 2.44. The Morgan fingerprint density at radius 3 is 2.71 bits per heavy atom. The number of rotatable bonds is 3. The lowest BCUT2D eigenvalue weighted by molar-refractivity contribution is 0.0596. The molecule has 0 N–H and O–H groups in total. The maximum atomic E-state index is 11.5. The predicted molar refractivity (Wildman–Crippen MR) is 63.8 cm³/mol. The van der Waals surface area contributed by atoms with Crippen LogP contribution in [0.1, 0.15) is 41.8 Å². The van der Waals surface area contributed by atoms with Crippen molar-refractivity contribution >= 4 is 5.97 Å². The van der Waals surface area contributed by atoms with Gasteiger partial charge in [0.25, 0.3) is 0 Å². The van der Waals surface area contributed by atoms with Crippen molar-refractivity contribution in [3.05, 3.63) is 23.7 Å². The maximum absolute atomic E-state index is 11.5. The topological polar surface area (TPSA) is 42.7 Å². The van der Waals surface area contributed by atoms with Crippen LogP contribution < -0.4 is 0 Å². The summed E-state index contributed by atoms with van der Waals surface area (Å²) >= 11 is 0. The van der Waals surface area contributed by atoms with Gasteiger partial charge in [0.2, 0.25) is 0 Å². The standard InChI is InChI=1S/C13H19NO3/c1-16-13(15)11-6-9-17-12(11)10-14-7-4-2-3-5-8-14/h6,9H,2-5,7-8,10H2,1H3. The van der Waals surface area contributed by atoms with Crippen molar-refractivity contribution in [2.75, 3.05) is 20.2 Å². The molecule has 0 bridgehead atoms. The lowest BCUT2D eigenvalue weighted by atomic mass is 10.2. The molecule has 0 amide bonds. The molecule has 17 heavy (non-hydrogen) atoms. The zero-order valence-electron chi connectivity index (χ0n) is 10.3. The van der Waals surface area contributed by atoms with Crippen LogP contribution in [0.25, 0.3) is 0 Å². The molecular weight excluding hydrogens is 218 g/mol. The first kappa shape index (κ1) is 12.2. The average Bonchev–Trinajstić information content (AvgIpc) is 2.64. The molecule has 0 radical (unpaired) electrons. The van der Waals surface area contributed by atoms with Crippen molar-refractivity contribution in [3.63, 3.8) is 0 Å². The molecule has 1 aliphatic heterocycles. The number of hydrogen-bond donors (Lipinski definition) is 0. The second kappa shape index (κ2) is 5.87. The Labute approximate surface area is 102 Å². The van der Waals surface area contributed by atoms with E-state index in [1.165, 1.54) is 32.8 Å². The van der Waals surface area contributed by atoms with Crippen molar-refractivity contribution in [2.45, 2.75) is 32.2 Å². The summed E-state index contributed by atoms with van der Waals surface area (Å²) in [5.74, 6) is 0.405. The smallest absolute Gasteiger partial charge is 0.341 e. The van der Waals surface area contributed by atoms with E-state index in [9.17, 15) is 4.79 Å². The van der Waals surface area contributed by atoms with Crippen molar-refractivity contribution in [1.82, 2.24) is 4.90 Å². The molecule has 2 heterocycles.